The Morgan fingerprint density at radius 3 is 2.44 bits per heavy atom. The van der Waals surface area contributed by atoms with Gasteiger partial charge >= 0.3 is 0 Å². The average molecular weight is 255 g/mol. The number of hydrogen-bond acceptors (Lipinski definition) is 3. The fourth-order valence-corrected chi connectivity index (χ4v) is 4.08. The molecule has 2 bridgehead atoms. The smallest absolute Gasteiger partial charge is 0.0900 e. The van der Waals surface area contributed by atoms with Gasteiger partial charge in [0.1, 0.15) is 0 Å². The topological polar surface area (TPSA) is 32.7 Å². The second kappa shape index (κ2) is 4.77. The Morgan fingerprint density at radius 2 is 2.00 bits per heavy atom. The molecular weight excluding hydrogens is 226 g/mol. The molecule has 3 heteroatoms. The number of likely N-dealkylation sites (N-methyl/N-ethyl adjacent to an activating group) is 1. The molecular formula is C15H29NO2. The van der Waals surface area contributed by atoms with Crippen LogP contribution in [0.25, 0.3) is 0 Å². The minimum Gasteiger partial charge on any atom is -0.389 e. The van der Waals surface area contributed by atoms with Crippen LogP contribution in [0.1, 0.15) is 40.0 Å². The summed E-state index contributed by atoms with van der Waals surface area (Å²) in [6.07, 6.45) is 3.77. The largest absolute Gasteiger partial charge is 0.389 e. The lowest BCUT2D eigenvalue weighted by Crippen LogP contribution is -2.39. The third-order valence-electron chi connectivity index (χ3n) is 5.78. The zero-order valence-corrected chi connectivity index (χ0v) is 12.6. The molecule has 2 saturated carbocycles. The third kappa shape index (κ3) is 2.21. The first kappa shape index (κ1) is 14.3. The molecule has 0 aromatic carbocycles. The Hall–Kier alpha value is -0.120. The van der Waals surface area contributed by atoms with Gasteiger partial charge in [-0.3, -0.25) is 0 Å². The molecule has 3 nitrogen and oxygen atoms in total. The Balaban J connectivity index is 1.89. The van der Waals surface area contributed by atoms with Crippen LogP contribution >= 0.6 is 0 Å². The van der Waals surface area contributed by atoms with Crippen LogP contribution in [0.2, 0.25) is 0 Å². The van der Waals surface area contributed by atoms with E-state index in [1.807, 2.05) is 19.0 Å². The molecule has 0 amide bonds. The van der Waals surface area contributed by atoms with E-state index in [9.17, 15) is 5.11 Å². The van der Waals surface area contributed by atoms with Gasteiger partial charge in [0.15, 0.2) is 0 Å². The lowest BCUT2D eigenvalue weighted by atomic mass is 9.70. The zero-order valence-electron chi connectivity index (χ0n) is 12.6. The number of ether oxygens (including phenoxy) is 1. The molecule has 1 N–H and O–H groups in total. The first-order valence-corrected chi connectivity index (χ1v) is 7.22. The maximum atomic E-state index is 9.90. The molecule has 0 aromatic rings. The van der Waals surface area contributed by atoms with Crippen molar-refractivity contribution < 1.29 is 9.84 Å². The van der Waals surface area contributed by atoms with Crippen molar-refractivity contribution in [2.75, 3.05) is 27.2 Å². The van der Waals surface area contributed by atoms with Gasteiger partial charge in [-0.05, 0) is 50.1 Å². The van der Waals surface area contributed by atoms with Crippen molar-refractivity contribution in [2.45, 2.75) is 52.2 Å². The van der Waals surface area contributed by atoms with E-state index in [1.54, 1.807) is 0 Å². The second-order valence-corrected chi connectivity index (χ2v) is 7.35. The lowest BCUT2D eigenvalue weighted by molar-refractivity contribution is -0.0776. The van der Waals surface area contributed by atoms with Gasteiger partial charge in [-0.1, -0.05) is 20.8 Å². The summed E-state index contributed by atoms with van der Waals surface area (Å²) < 4.78 is 6.06. The maximum Gasteiger partial charge on any atom is 0.0900 e. The van der Waals surface area contributed by atoms with Gasteiger partial charge in [0, 0.05) is 6.54 Å². The number of rotatable bonds is 5. The molecule has 106 valence electrons. The van der Waals surface area contributed by atoms with Crippen molar-refractivity contribution in [1.29, 1.82) is 0 Å². The molecule has 2 aliphatic carbocycles. The Bertz CT molecular complexity index is 303. The molecule has 0 aromatic heterocycles. The van der Waals surface area contributed by atoms with Gasteiger partial charge in [-0.2, -0.15) is 0 Å². The number of aliphatic hydroxyl groups excluding tert-OH is 1. The number of aliphatic hydroxyl groups is 1. The predicted octanol–water partition coefficient (Wildman–Crippen LogP) is 2.14. The summed E-state index contributed by atoms with van der Waals surface area (Å²) in [7, 11) is 3.95. The fraction of sp³-hybridized carbons (Fsp3) is 1.00. The Kier molecular flexibility index (Phi) is 3.79. The molecule has 0 unspecified atom stereocenters. The third-order valence-corrected chi connectivity index (χ3v) is 5.78. The van der Waals surface area contributed by atoms with E-state index >= 15 is 0 Å². The van der Waals surface area contributed by atoms with Crippen LogP contribution in [0.4, 0.5) is 0 Å². The molecule has 4 atom stereocenters. The number of hydrogen-bond donors (Lipinski definition) is 1. The van der Waals surface area contributed by atoms with Crippen LogP contribution in [0.3, 0.4) is 0 Å². The van der Waals surface area contributed by atoms with Gasteiger partial charge in [-0.25, -0.2) is 0 Å². The van der Waals surface area contributed by atoms with Crippen molar-refractivity contribution in [2.24, 2.45) is 16.7 Å². The zero-order chi connectivity index (χ0) is 13.6. The van der Waals surface area contributed by atoms with Crippen LogP contribution in [0.15, 0.2) is 0 Å². The van der Waals surface area contributed by atoms with Crippen LogP contribution in [-0.4, -0.2) is 49.5 Å². The van der Waals surface area contributed by atoms with Crippen LogP contribution in [-0.2, 0) is 4.74 Å². The Labute approximate surface area is 112 Å². The van der Waals surface area contributed by atoms with Gasteiger partial charge in [0.25, 0.3) is 0 Å². The summed E-state index contributed by atoms with van der Waals surface area (Å²) >= 11 is 0. The van der Waals surface area contributed by atoms with E-state index < -0.39 is 0 Å². The average Bonchev–Trinajstić information content (AvgIpc) is 2.57. The summed E-state index contributed by atoms with van der Waals surface area (Å²) in [4.78, 5) is 2.00. The minimum atomic E-state index is -0.370. The quantitative estimate of drug-likeness (QED) is 0.817. The summed E-state index contributed by atoms with van der Waals surface area (Å²) in [5.41, 5.74) is 0.694. The van der Waals surface area contributed by atoms with Gasteiger partial charge < -0.3 is 14.7 Å². The van der Waals surface area contributed by atoms with E-state index in [0.29, 0.717) is 30.1 Å². The number of fused-ring (bicyclic) bond motifs is 2. The summed E-state index contributed by atoms with van der Waals surface area (Å²) in [5.74, 6) is 0.804. The van der Waals surface area contributed by atoms with E-state index in [-0.39, 0.29) is 6.10 Å². The van der Waals surface area contributed by atoms with Crippen molar-refractivity contribution in [3.63, 3.8) is 0 Å². The normalized spacial score (nSPS) is 39.5. The minimum absolute atomic E-state index is 0.301. The van der Waals surface area contributed by atoms with E-state index in [1.165, 1.54) is 19.3 Å². The number of nitrogens with zero attached hydrogens (tertiary/aromatic N) is 1. The maximum absolute atomic E-state index is 9.90. The van der Waals surface area contributed by atoms with Crippen LogP contribution in [0.5, 0.6) is 0 Å². The molecule has 0 saturated heterocycles. The molecule has 0 radical (unpaired) electrons. The summed E-state index contributed by atoms with van der Waals surface area (Å²) in [6.45, 7) is 8.31. The standard InChI is InChI=1S/C15H29NO2/c1-14(2)11-6-7-15(14,3)13(8-11)18-10-12(17)9-16(4)5/h11-13,17H,6-10H2,1-5H3/t11-,12-,13-,15-/m1/s1. The monoisotopic (exact) mass is 255 g/mol. The van der Waals surface area contributed by atoms with Crippen molar-refractivity contribution in [3.8, 4) is 0 Å². The van der Waals surface area contributed by atoms with Crippen LogP contribution < -0.4 is 0 Å². The SMILES string of the molecule is CN(C)C[C@@H](O)CO[C@@H]1C[C@H]2CC[C@@]1(C)C2(C)C. The van der Waals surface area contributed by atoms with E-state index in [0.717, 1.165) is 5.92 Å². The first-order valence-electron chi connectivity index (χ1n) is 7.22. The van der Waals surface area contributed by atoms with Crippen LogP contribution in [0, 0.1) is 16.7 Å². The van der Waals surface area contributed by atoms with Crippen molar-refractivity contribution in [3.05, 3.63) is 0 Å². The summed E-state index contributed by atoms with van der Waals surface area (Å²) in [6, 6.07) is 0. The van der Waals surface area contributed by atoms with E-state index in [2.05, 4.69) is 20.8 Å². The second-order valence-electron chi connectivity index (χ2n) is 7.35. The Morgan fingerprint density at radius 1 is 1.33 bits per heavy atom. The molecule has 2 rings (SSSR count). The molecule has 18 heavy (non-hydrogen) atoms. The molecule has 2 fully saturated rings. The van der Waals surface area contributed by atoms with Gasteiger partial charge in [0.2, 0.25) is 0 Å². The van der Waals surface area contributed by atoms with Crippen molar-refractivity contribution in [1.82, 2.24) is 4.90 Å². The molecule has 2 aliphatic rings. The first-order chi connectivity index (χ1) is 8.27. The molecule has 0 aliphatic heterocycles. The molecule has 0 spiro atoms. The highest BCUT2D eigenvalue weighted by atomic mass is 16.5. The van der Waals surface area contributed by atoms with E-state index in [4.69, 9.17) is 4.74 Å². The lowest BCUT2D eigenvalue weighted by Gasteiger charge is -2.39. The highest BCUT2D eigenvalue weighted by Gasteiger charge is 2.61. The highest BCUT2D eigenvalue weighted by molar-refractivity contribution is 5.11. The highest BCUT2D eigenvalue weighted by Crippen LogP contribution is 2.66. The van der Waals surface area contributed by atoms with Crippen molar-refractivity contribution >= 4 is 0 Å². The predicted molar refractivity (Wildman–Crippen MR) is 73.5 cm³/mol. The molecule has 0 heterocycles. The van der Waals surface area contributed by atoms with Gasteiger partial charge in [-0.15, -0.1) is 0 Å². The fourth-order valence-electron chi connectivity index (χ4n) is 4.08. The summed E-state index contributed by atoms with van der Waals surface area (Å²) in [5, 5.41) is 9.90. The van der Waals surface area contributed by atoms with Gasteiger partial charge in [0.05, 0.1) is 18.8 Å².